The highest BCUT2D eigenvalue weighted by molar-refractivity contribution is 6.21. The quantitative estimate of drug-likeness (QED) is 0.650. The van der Waals surface area contributed by atoms with Gasteiger partial charge in [-0.1, -0.05) is 12.1 Å². The summed E-state index contributed by atoms with van der Waals surface area (Å²) in [6.45, 7) is 1.75. The van der Waals surface area contributed by atoms with Crippen LogP contribution in [-0.4, -0.2) is 64.0 Å². The maximum atomic E-state index is 12.6. The van der Waals surface area contributed by atoms with Crippen molar-refractivity contribution >= 4 is 28.7 Å². The van der Waals surface area contributed by atoms with Crippen molar-refractivity contribution in [2.75, 3.05) is 31.1 Å². The van der Waals surface area contributed by atoms with Gasteiger partial charge in [0.1, 0.15) is 5.52 Å². The Morgan fingerprint density at radius 3 is 2.57 bits per heavy atom. The third-order valence-electron chi connectivity index (χ3n) is 5.14. The summed E-state index contributed by atoms with van der Waals surface area (Å²) in [7, 11) is 0. The van der Waals surface area contributed by atoms with Crippen LogP contribution in [0.2, 0.25) is 0 Å². The SMILES string of the molecule is O=C1c2ccccc2C(=O)N1CC1CN(c2ccnc3[nH]c(=O)[nH]c23)CCO1. The predicted octanol–water partition coefficient (Wildman–Crippen LogP) is 0.753. The molecule has 28 heavy (non-hydrogen) atoms. The fraction of sp³-hybridized carbons (Fsp3) is 0.263. The predicted molar refractivity (Wildman–Crippen MR) is 100 cm³/mol. The molecule has 0 saturated carbocycles. The van der Waals surface area contributed by atoms with E-state index < -0.39 is 0 Å². The van der Waals surface area contributed by atoms with E-state index in [1.807, 2.05) is 6.07 Å². The lowest BCUT2D eigenvalue weighted by Gasteiger charge is -2.35. The summed E-state index contributed by atoms with van der Waals surface area (Å²) in [5.41, 5.74) is 2.51. The van der Waals surface area contributed by atoms with Crippen LogP contribution < -0.4 is 10.6 Å². The van der Waals surface area contributed by atoms with Crippen LogP contribution in [0.1, 0.15) is 20.7 Å². The lowest BCUT2D eigenvalue weighted by molar-refractivity contribution is 0.0169. The van der Waals surface area contributed by atoms with Crippen molar-refractivity contribution in [2.45, 2.75) is 6.10 Å². The van der Waals surface area contributed by atoms with Gasteiger partial charge in [0, 0.05) is 19.3 Å². The molecule has 0 spiro atoms. The van der Waals surface area contributed by atoms with E-state index in [2.05, 4.69) is 19.9 Å². The molecule has 2 aliphatic rings. The number of carbonyl (C=O) groups is 2. The molecule has 3 aromatic rings. The van der Waals surface area contributed by atoms with E-state index in [9.17, 15) is 14.4 Å². The third-order valence-corrected chi connectivity index (χ3v) is 5.14. The molecular formula is C19H17N5O4. The molecule has 0 bridgehead atoms. The standard InChI is InChI=1S/C19H17N5O4/c25-17-12-3-1-2-4-13(12)18(26)24(17)10-11-9-23(7-8-28-11)14-5-6-20-16-15(14)21-19(27)22-16/h1-6,11H,7-10H2,(H2,20,21,22,27). The molecular weight excluding hydrogens is 362 g/mol. The number of hydrogen-bond donors (Lipinski definition) is 2. The molecule has 2 aromatic heterocycles. The Balaban J connectivity index is 1.37. The summed E-state index contributed by atoms with van der Waals surface area (Å²) in [5.74, 6) is -0.579. The smallest absolute Gasteiger partial charge is 0.325 e. The molecule has 2 aliphatic heterocycles. The first kappa shape index (κ1) is 16.7. The summed E-state index contributed by atoms with van der Waals surface area (Å²) < 4.78 is 5.82. The van der Waals surface area contributed by atoms with Crippen molar-refractivity contribution in [1.29, 1.82) is 0 Å². The highest BCUT2D eigenvalue weighted by atomic mass is 16.5. The van der Waals surface area contributed by atoms with Crippen LogP contribution in [0.15, 0.2) is 41.3 Å². The Hall–Kier alpha value is -3.46. The molecule has 4 heterocycles. The van der Waals surface area contributed by atoms with Gasteiger partial charge in [0.25, 0.3) is 11.8 Å². The Labute approximate surface area is 158 Å². The lowest BCUT2D eigenvalue weighted by Crippen LogP contribution is -2.49. The molecule has 142 valence electrons. The van der Waals surface area contributed by atoms with Crippen molar-refractivity contribution in [3.05, 3.63) is 58.1 Å². The van der Waals surface area contributed by atoms with Crippen molar-refractivity contribution in [3.8, 4) is 0 Å². The summed E-state index contributed by atoms with van der Waals surface area (Å²) in [4.78, 5) is 49.7. The summed E-state index contributed by atoms with van der Waals surface area (Å²) >= 11 is 0. The maximum absolute atomic E-state index is 12.6. The van der Waals surface area contributed by atoms with E-state index in [0.29, 0.717) is 42.0 Å². The van der Waals surface area contributed by atoms with E-state index in [1.165, 1.54) is 4.90 Å². The average molecular weight is 379 g/mol. The van der Waals surface area contributed by atoms with Gasteiger partial charge in [0.2, 0.25) is 0 Å². The second-order valence-corrected chi connectivity index (χ2v) is 6.84. The molecule has 5 rings (SSSR count). The number of benzene rings is 1. The molecule has 9 heteroatoms. The van der Waals surface area contributed by atoms with E-state index >= 15 is 0 Å². The number of nitrogens with one attached hydrogen (secondary N) is 2. The van der Waals surface area contributed by atoms with E-state index in [-0.39, 0.29) is 30.2 Å². The van der Waals surface area contributed by atoms with E-state index in [0.717, 1.165) is 5.69 Å². The van der Waals surface area contributed by atoms with Gasteiger partial charge in [-0.05, 0) is 18.2 Å². The Bertz CT molecular complexity index is 1120. The molecule has 1 fully saturated rings. The number of pyridine rings is 1. The molecule has 1 saturated heterocycles. The number of ether oxygens (including phenoxy) is 1. The largest absolute Gasteiger partial charge is 0.373 e. The number of carbonyl (C=O) groups excluding carboxylic acids is 2. The molecule has 2 N–H and O–H groups in total. The van der Waals surface area contributed by atoms with Crippen LogP contribution in [0.4, 0.5) is 5.69 Å². The zero-order valence-corrected chi connectivity index (χ0v) is 14.8. The number of aromatic amines is 2. The molecule has 2 amide bonds. The topological polar surface area (TPSA) is 111 Å². The number of hydrogen-bond acceptors (Lipinski definition) is 6. The number of aromatic nitrogens is 3. The first-order valence-electron chi connectivity index (χ1n) is 9.00. The molecule has 1 unspecified atom stereocenters. The van der Waals surface area contributed by atoms with Gasteiger partial charge in [0.05, 0.1) is 36.1 Å². The van der Waals surface area contributed by atoms with Crippen LogP contribution in [-0.2, 0) is 4.74 Å². The second-order valence-electron chi connectivity index (χ2n) is 6.84. The summed E-state index contributed by atoms with van der Waals surface area (Å²) in [6, 6.07) is 8.66. The number of rotatable bonds is 3. The zero-order valence-electron chi connectivity index (χ0n) is 14.8. The highest BCUT2D eigenvalue weighted by Gasteiger charge is 2.37. The highest BCUT2D eigenvalue weighted by Crippen LogP contribution is 2.26. The van der Waals surface area contributed by atoms with Gasteiger partial charge < -0.3 is 14.6 Å². The summed E-state index contributed by atoms with van der Waals surface area (Å²) in [5, 5.41) is 0. The van der Waals surface area contributed by atoms with Crippen molar-refractivity contribution in [3.63, 3.8) is 0 Å². The maximum Gasteiger partial charge on any atom is 0.325 e. The second kappa shape index (κ2) is 6.31. The minimum Gasteiger partial charge on any atom is -0.373 e. The summed E-state index contributed by atoms with van der Waals surface area (Å²) in [6.07, 6.45) is 1.31. The van der Waals surface area contributed by atoms with Crippen LogP contribution in [0.3, 0.4) is 0 Å². The van der Waals surface area contributed by atoms with Gasteiger partial charge in [0.15, 0.2) is 5.65 Å². The Morgan fingerprint density at radius 1 is 1.07 bits per heavy atom. The van der Waals surface area contributed by atoms with Crippen molar-refractivity contribution in [1.82, 2.24) is 19.9 Å². The van der Waals surface area contributed by atoms with Crippen molar-refractivity contribution < 1.29 is 14.3 Å². The first-order chi connectivity index (χ1) is 13.6. The normalized spacial score (nSPS) is 19.5. The zero-order chi connectivity index (χ0) is 19.3. The van der Waals surface area contributed by atoms with Crippen LogP contribution in [0.5, 0.6) is 0 Å². The molecule has 1 aromatic carbocycles. The lowest BCUT2D eigenvalue weighted by atomic mass is 10.1. The molecule has 1 atom stereocenters. The average Bonchev–Trinajstić information content (AvgIpc) is 3.21. The number of nitrogens with zero attached hydrogens (tertiary/aromatic N) is 3. The Morgan fingerprint density at radius 2 is 1.82 bits per heavy atom. The monoisotopic (exact) mass is 379 g/mol. The van der Waals surface area contributed by atoms with Gasteiger partial charge in [-0.3, -0.25) is 19.5 Å². The first-order valence-corrected chi connectivity index (χ1v) is 9.00. The van der Waals surface area contributed by atoms with Gasteiger partial charge in [-0.15, -0.1) is 0 Å². The fourth-order valence-electron chi connectivity index (χ4n) is 3.84. The van der Waals surface area contributed by atoms with Gasteiger partial charge in [-0.2, -0.15) is 0 Å². The number of imide groups is 1. The number of morpholine rings is 1. The Kier molecular flexibility index (Phi) is 3.76. The van der Waals surface area contributed by atoms with Crippen molar-refractivity contribution in [2.24, 2.45) is 0 Å². The van der Waals surface area contributed by atoms with Crippen LogP contribution in [0.25, 0.3) is 11.2 Å². The van der Waals surface area contributed by atoms with Crippen LogP contribution in [0, 0.1) is 0 Å². The minimum atomic E-state index is -0.329. The van der Waals surface area contributed by atoms with E-state index in [4.69, 9.17) is 4.74 Å². The number of amides is 2. The number of anilines is 1. The number of fused-ring (bicyclic) bond motifs is 2. The van der Waals surface area contributed by atoms with Gasteiger partial charge in [-0.25, -0.2) is 9.78 Å². The number of imidazole rings is 1. The number of H-pyrrole nitrogens is 2. The molecule has 0 radical (unpaired) electrons. The molecule has 0 aliphatic carbocycles. The fourth-order valence-corrected chi connectivity index (χ4v) is 3.84. The van der Waals surface area contributed by atoms with Crippen LogP contribution >= 0.6 is 0 Å². The van der Waals surface area contributed by atoms with E-state index in [1.54, 1.807) is 30.5 Å². The molecule has 9 nitrogen and oxygen atoms in total. The minimum absolute atomic E-state index is 0.181. The van der Waals surface area contributed by atoms with Gasteiger partial charge >= 0.3 is 5.69 Å². The third kappa shape index (κ3) is 2.59.